The van der Waals surface area contributed by atoms with Gasteiger partial charge in [0, 0.05) is 0 Å². The fourth-order valence-corrected chi connectivity index (χ4v) is 2.03. The predicted molar refractivity (Wildman–Crippen MR) is 58.3 cm³/mol. The fourth-order valence-electron chi connectivity index (χ4n) is 1.16. The number of halogens is 6. The Hall–Kier alpha value is -1.29. The lowest BCUT2D eigenvalue weighted by molar-refractivity contribution is -0.274. The highest BCUT2D eigenvalue weighted by atomic mass is 32.2. The summed E-state index contributed by atoms with van der Waals surface area (Å²) in [6, 6.07) is 3.10. The van der Waals surface area contributed by atoms with E-state index in [4.69, 9.17) is 0 Å². The summed E-state index contributed by atoms with van der Waals surface area (Å²) in [5.74, 6) is -0.614. The minimum absolute atomic E-state index is 0.110. The van der Waals surface area contributed by atoms with Crippen LogP contribution >= 0.6 is 0 Å². The third-order valence-corrected chi connectivity index (χ3v) is 3.09. The van der Waals surface area contributed by atoms with Crippen LogP contribution in [0.1, 0.15) is 5.56 Å². The molecule has 1 atom stereocenters. The third kappa shape index (κ3) is 5.78. The van der Waals surface area contributed by atoms with E-state index in [1.807, 2.05) is 0 Å². The second-order valence-electron chi connectivity index (χ2n) is 3.68. The average molecular weight is 321 g/mol. The smallest absolute Gasteiger partial charge is 0.405 e. The lowest BCUT2D eigenvalue weighted by atomic mass is 10.2. The molecule has 20 heavy (non-hydrogen) atoms. The SMILES string of the molecule is Cc1ccc(S(=O)NCC(F)(F)F)cc1OC(F)(F)F. The first kappa shape index (κ1) is 16.8. The van der Waals surface area contributed by atoms with Gasteiger partial charge in [-0.3, -0.25) is 0 Å². The van der Waals surface area contributed by atoms with Gasteiger partial charge in [-0.1, -0.05) is 6.07 Å². The number of benzene rings is 1. The quantitative estimate of drug-likeness (QED) is 0.866. The highest BCUT2D eigenvalue weighted by Crippen LogP contribution is 2.27. The molecule has 0 aliphatic rings. The molecule has 0 aliphatic heterocycles. The summed E-state index contributed by atoms with van der Waals surface area (Å²) >= 11 is 0. The molecule has 0 heterocycles. The molecule has 1 unspecified atom stereocenters. The zero-order valence-electron chi connectivity index (χ0n) is 9.93. The molecule has 1 rings (SSSR count). The summed E-state index contributed by atoms with van der Waals surface area (Å²) in [7, 11) is -2.29. The maximum absolute atomic E-state index is 12.1. The summed E-state index contributed by atoms with van der Waals surface area (Å²) in [5.41, 5.74) is 0.110. The standard InChI is InChI=1S/C10H9F6NO2S/c1-6-2-3-7(4-8(6)19-10(14,15)16)20(18)17-5-9(11,12)13/h2-4,17H,5H2,1H3. The van der Waals surface area contributed by atoms with Gasteiger partial charge >= 0.3 is 12.5 Å². The van der Waals surface area contributed by atoms with Crippen molar-refractivity contribution in [2.45, 2.75) is 24.4 Å². The zero-order chi connectivity index (χ0) is 15.6. The predicted octanol–water partition coefficient (Wildman–Crippen LogP) is 3.07. The van der Waals surface area contributed by atoms with Gasteiger partial charge in [-0.05, 0) is 24.6 Å². The number of hydrogen-bond acceptors (Lipinski definition) is 2. The summed E-state index contributed by atoms with van der Waals surface area (Å²) < 4.78 is 88.9. The summed E-state index contributed by atoms with van der Waals surface area (Å²) in [6.45, 7) is -0.208. The largest absolute Gasteiger partial charge is 0.573 e. The topological polar surface area (TPSA) is 38.3 Å². The van der Waals surface area contributed by atoms with Gasteiger partial charge in [0.25, 0.3) is 0 Å². The summed E-state index contributed by atoms with van der Waals surface area (Å²) in [6.07, 6.45) is -9.52. The van der Waals surface area contributed by atoms with Crippen LogP contribution in [0.15, 0.2) is 23.1 Å². The number of nitrogens with one attached hydrogen (secondary N) is 1. The molecule has 10 heteroatoms. The monoisotopic (exact) mass is 321 g/mol. The Labute approximate surface area is 112 Å². The van der Waals surface area contributed by atoms with Crippen LogP contribution in [0.3, 0.4) is 0 Å². The molecule has 0 saturated carbocycles. The molecule has 0 bridgehead atoms. The van der Waals surface area contributed by atoms with E-state index in [9.17, 15) is 30.6 Å². The normalized spacial score (nSPS) is 14.2. The van der Waals surface area contributed by atoms with E-state index in [2.05, 4.69) is 4.74 Å². The number of rotatable bonds is 4. The first-order valence-electron chi connectivity index (χ1n) is 5.06. The van der Waals surface area contributed by atoms with E-state index in [1.54, 1.807) is 4.72 Å². The van der Waals surface area contributed by atoms with Crippen LogP contribution in [-0.2, 0) is 11.0 Å². The molecule has 3 nitrogen and oxygen atoms in total. The molecule has 0 aromatic heterocycles. The van der Waals surface area contributed by atoms with Crippen LogP contribution in [0.4, 0.5) is 26.3 Å². The molecule has 1 N–H and O–H groups in total. The Bertz CT molecular complexity index is 500. The molecule has 0 spiro atoms. The van der Waals surface area contributed by atoms with Crippen molar-refractivity contribution in [3.63, 3.8) is 0 Å². The van der Waals surface area contributed by atoms with Crippen molar-refractivity contribution in [1.29, 1.82) is 0 Å². The maximum atomic E-state index is 12.1. The van der Waals surface area contributed by atoms with Crippen LogP contribution < -0.4 is 9.46 Å². The molecule has 0 fully saturated rings. The van der Waals surface area contributed by atoms with E-state index < -0.39 is 35.8 Å². The molecular formula is C10H9F6NO2S. The van der Waals surface area contributed by atoms with Crippen molar-refractivity contribution >= 4 is 11.0 Å². The van der Waals surface area contributed by atoms with E-state index in [-0.39, 0.29) is 10.5 Å². The number of alkyl halides is 6. The number of aryl methyl sites for hydroxylation is 1. The van der Waals surface area contributed by atoms with Crippen LogP contribution in [0.2, 0.25) is 0 Å². The molecule has 0 amide bonds. The van der Waals surface area contributed by atoms with Gasteiger partial charge in [0.05, 0.1) is 4.90 Å². The lowest BCUT2D eigenvalue weighted by Crippen LogP contribution is -2.30. The summed E-state index contributed by atoms with van der Waals surface area (Å²) in [5, 5.41) is 0. The molecular weight excluding hydrogens is 312 g/mol. The van der Waals surface area contributed by atoms with Crippen molar-refractivity contribution in [1.82, 2.24) is 4.72 Å². The average Bonchev–Trinajstić information content (AvgIpc) is 2.26. The molecule has 1 aromatic rings. The maximum Gasteiger partial charge on any atom is 0.573 e. The number of ether oxygens (including phenoxy) is 1. The van der Waals surface area contributed by atoms with Gasteiger partial charge in [-0.15, -0.1) is 13.2 Å². The molecule has 114 valence electrons. The Morgan fingerprint density at radius 3 is 2.30 bits per heavy atom. The van der Waals surface area contributed by atoms with Crippen molar-refractivity contribution < 1.29 is 35.3 Å². The molecule has 1 aromatic carbocycles. The Morgan fingerprint density at radius 2 is 1.80 bits per heavy atom. The highest BCUT2D eigenvalue weighted by Gasteiger charge is 2.32. The van der Waals surface area contributed by atoms with E-state index in [0.29, 0.717) is 0 Å². The van der Waals surface area contributed by atoms with E-state index in [1.165, 1.54) is 13.0 Å². The first-order chi connectivity index (χ1) is 8.98. The van der Waals surface area contributed by atoms with Gasteiger partial charge in [-0.25, -0.2) is 8.93 Å². The Kier molecular flexibility index (Phi) is 5.03. The second-order valence-corrected chi connectivity index (χ2v) is 4.98. The molecule has 0 aliphatic carbocycles. The summed E-state index contributed by atoms with van der Waals surface area (Å²) in [4.78, 5) is -0.251. The third-order valence-electron chi connectivity index (χ3n) is 2.00. The first-order valence-corrected chi connectivity index (χ1v) is 6.21. The van der Waals surface area contributed by atoms with Crippen molar-refractivity contribution in [3.8, 4) is 5.75 Å². The van der Waals surface area contributed by atoms with Crippen LogP contribution in [0.5, 0.6) is 5.75 Å². The fraction of sp³-hybridized carbons (Fsp3) is 0.400. The second kappa shape index (κ2) is 6.00. The van der Waals surface area contributed by atoms with Crippen molar-refractivity contribution in [2.24, 2.45) is 0 Å². The number of hydrogen-bond donors (Lipinski definition) is 1. The Balaban J connectivity index is 2.86. The van der Waals surface area contributed by atoms with Gasteiger partial charge in [-0.2, -0.15) is 13.2 Å². The van der Waals surface area contributed by atoms with Gasteiger partial charge in [0.15, 0.2) is 0 Å². The Morgan fingerprint density at radius 1 is 1.20 bits per heavy atom. The zero-order valence-corrected chi connectivity index (χ0v) is 10.7. The van der Waals surface area contributed by atoms with Crippen molar-refractivity contribution in [2.75, 3.05) is 6.54 Å². The van der Waals surface area contributed by atoms with Gasteiger partial charge < -0.3 is 4.74 Å². The molecule has 0 saturated heterocycles. The van der Waals surface area contributed by atoms with Crippen LogP contribution in [0, 0.1) is 6.92 Å². The lowest BCUT2D eigenvalue weighted by Gasteiger charge is -2.13. The van der Waals surface area contributed by atoms with E-state index in [0.717, 1.165) is 12.1 Å². The van der Waals surface area contributed by atoms with Gasteiger partial charge in [0.1, 0.15) is 23.3 Å². The minimum Gasteiger partial charge on any atom is -0.405 e. The highest BCUT2D eigenvalue weighted by molar-refractivity contribution is 7.83. The van der Waals surface area contributed by atoms with E-state index >= 15 is 0 Å². The van der Waals surface area contributed by atoms with Gasteiger partial charge in [0.2, 0.25) is 0 Å². The van der Waals surface area contributed by atoms with Crippen LogP contribution in [-0.4, -0.2) is 23.3 Å². The molecule has 0 radical (unpaired) electrons. The minimum atomic E-state index is -4.94. The van der Waals surface area contributed by atoms with Crippen LogP contribution in [0.25, 0.3) is 0 Å². The van der Waals surface area contributed by atoms with Crippen molar-refractivity contribution in [3.05, 3.63) is 23.8 Å².